The van der Waals surface area contributed by atoms with Crippen molar-refractivity contribution in [2.45, 2.75) is 38.3 Å². The normalized spacial score (nSPS) is 15.7. The van der Waals surface area contributed by atoms with E-state index in [1.165, 1.54) is 19.3 Å². The van der Waals surface area contributed by atoms with E-state index in [0.717, 1.165) is 35.9 Å². The van der Waals surface area contributed by atoms with Crippen molar-refractivity contribution in [3.63, 3.8) is 0 Å². The van der Waals surface area contributed by atoms with Crippen LogP contribution in [0.15, 0.2) is 48.7 Å². The Morgan fingerprint density at radius 3 is 2.61 bits per heavy atom. The van der Waals surface area contributed by atoms with Gasteiger partial charge >= 0.3 is 6.18 Å². The quantitative estimate of drug-likeness (QED) is 0.572. The summed E-state index contributed by atoms with van der Waals surface area (Å²) >= 11 is 0. The Morgan fingerprint density at radius 1 is 1.00 bits per heavy atom. The summed E-state index contributed by atoms with van der Waals surface area (Å²) in [4.78, 5) is 8.76. The van der Waals surface area contributed by atoms with Gasteiger partial charge in [-0.05, 0) is 43.0 Å². The smallest absolute Gasteiger partial charge is 0.370 e. The van der Waals surface area contributed by atoms with Crippen molar-refractivity contribution in [3.05, 3.63) is 54.2 Å². The molecule has 3 nitrogen and oxygen atoms in total. The molecule has 1 aromatic carbocycles. The van der Waals surface area contributed by atoms with E-state index in [1.807, 2.05) is 18.2 Å². The molecule has 0 atom stereocenters. The van der Waals surface area contributed by atoms with Crippen LogP contribution in [0.5, 0.6) is 0 Å². The Bertz CT molecular complexity index is 963. The lowest BCUT2D eigenvalue weighted by molar-refractivity contribution is -0.137. The lowest BCUT2D eigenvalue weighted by Crippen LogP contribution is -2.18. The number of aromatic nitrogens is 2. The highest BCUT2D eigenvalue weighted by atomic mass is 19.4. The van der Waals surface area contributed by atoms with Crippen molar-refractivity contribution in [2.75, 3.05) is 11.9 Å². The second-order valence-corrected chi connectivity index (χ2v) is 7.42. The van der Waals surface area contributed by atoms with Gasteiger partial charge in [-0.25, -0.2) is 4.98 Å². The molecular formula is C22H22F3N3. The van der Waals surface area contributed by atoms with E-state index in [0.29, 0.717) is 23.7 Å². The van der Waals surface area contributed by atoms with Gasteiger partial charge in [-0.15, -0.1) is 0 Å². The SMILES string of the molecule is FC(F)(F)c1cc(NCC2CCCCC2)nc(-c2ccc3cccnc3c2)c1. The van der Waals surface area contributed by atoms with Crippen molar-refractivity contribution in [2.24, 2.45) is 5.92 Å². The minimum Gasteiger partial charge on any atom is -0.370 e. The van der Waals surface area contributed by atoms with Gasteiger partial charge in [0.25, 0.3) is 0 Å². The van der Waals surface area contributed by atoms with Crippen LogP contribution < -0.4 is 5.32 Å². The van der Waals surface area contributed by atoms with Gasteiger partial charge in [0.05, 0.1) is 16.8 Å². The van der Waals surface area contributed by atoms with Gasteiger partial charge in [0, 0.05) is 23.7 Å². The minimum atomic E-state index is -4.42. The highest BCUT2D eigenvalue weighted by molar-refractivity contribution is 5.83. The molecule has 28 heavy (non-hydrogen) atoms. The van der Waals surface area contributed by atoms with Crippen LogP contribution in [-0.2, 0) is 6.18 Å². The fraction of sp³-hybridized carbons (Fsp3) is 0.364. The third-order valence-corrected chi connectivity index (χ3v) is 5.35. The molecule has 0 amide bonds. The number of nitrogens with one attached hydrogen (secondary N) is 1. The van der Waals surface area contributed by atoms with E-state index in [1.54, 1.807) is 18.3 Å². The molecule has 4 rings (SSSR count). The molecule has 0 aliphatic heterocycles. The number of hydrogen-bond acceptors (Lipinski definition) is 3. The summed E-state index contributed by atoms with van der Waals surface area (Å²) in [6.07, 6.45) is 3.12. The van der Waals surface area contributed by atoms with Crippen LogP contribution in [0, 0.1) is 5.92 Å². The van der Waals surface area contributed by atoms with E-state index < -0.39 is 11.7 Å². The molecule has 1 aliphatic rings. The van der Waals surface area contributed by atoms with Gasteiger partial charge in [-0.1, -0.05) is 37.5 Å². The largest absolute Gasteiger partial charge is 0.416 e. The number of anilines is 1. The lowest BCUT2D eigenvalue weighted by Gasteiger charge is -2.22. The Hall–Kier alpha value is -2.63. The van der Waals surface area contributed by atoms with Crippen LogP contribution in [0.4, 0.5) is 19.0 Å². The molecule has 1 N–H and O–H groups in total. The highest BCUT2D eigenvalue weighted by Crippen LogP contribution is 2.34. The van der Waals surface area contributed by atoms with E-state index >= 15 is 0 Å². The average Bonchev–Trinajstić information content (AvgIpc) is 2.72. The number of halogens is 3. The molecule has 1 saturated carbocycles. The van der Waals surface area contributed by atoms with Crippen LogP contribution in [0.2, 0.25) is 0 Å². The summed E-state index contributed by atoms with van der Waals surface area (Å²) in [6.45, 7) is 0.660. The van der Waals surface area contributed by atoms with E-state index in [-0.39, 0.29) is 5.82 Å². The average molecular weight is 385 g/mol. The number of pyridine rings is 2. The van der Waals surface area contributed by atoms with Crippen molar-refractivity contribution in [1.82, 2.24) is 9.97 Å². The van der Waals surface area contributed by atoms with Crippen LogP contribution in [0.25, 0.3) is 22.2 Å². The molecule has 0 radical (unpaired) electrons. The van der Waals surface area contributed by atoms with Gasteiger partial charge in [0.1, 0.15) is 5.82 Å². The van der Waals surface area contributed by atoms with Gasteiger partial charge in [0.2, 0.25) is 0 Å². The first-order valence-corrected chi connectivity index (χ1v) is 9.67. The molecule has 2 aromatic heterocycles. The Morgan fingerprint density at radius 2 is 1.82 bits per heavy atom. The summed E-state index contributed by atoms with van der Waals surface area (Å²) in [5, 5.41) is 4.09. The van der Waals surface area contributed by atoms with Gasteiger partial charge in [-0.2, -0.15) is 13.2 Å². The summed E-state index contributed by atoms with van der Waals surface area (Å²) in [5.41, 5.74) is 0.965. The Labute approximate surface area is 162 Å². The van der Waals surface area contributed by atoms with Crippen LogP contribution in [0.1, 0.15) is 37.7 Å². The summed E-state index contributed by atoms with van der Waals surface area (Å²) < 4.78 is 40.3. The fourth-order valence-corrected chi connectivity index (χ4v) is 3.80. The molecule has 0 unspecified atom stereocenters. The minimum absolute atomic E-state index is 0.275. The second kappa shape index (κ2) is 7.78. The number of fused-ring (bicyclic) bond motifs is 1. The molecule has 146 valence electrons. The first-order valence-electron chi connectivity index (χ1n) is 9.67. The topological polar surface area (TPSA) is 37.8 Å². The fourth-order valence-electron chi connectivity index (χ4n) is 3.80. The Balaban J connectivity index is 1.66. The number of rotatable bonds is 4. The molecule has 0 spiro atoms. The zero-order valence-corrected chi connectivity index (χ0v) is 15.5. The summed E-state index contributed by atoms with van der Waals surface area (Å²) in [6, 6.07) is 11.4. The van der Waals surface area contributed by atoms with Crippen molar-refractivity contribution in [1.29, 1.82) is 0 Å². The predicted octanol–water partition coefficient (Wildman–Crippen LogP) is 6.31. The zero-order valence-electron chi connectivity index (χ0n) is 15.5. The van der Waals surface area contributed by atoms with Crippen LogP contribution in [0.3, 0.4) is 0 Å². The number of alkyl halides is 3. The van der Waals surface area contributed by atoms with Crippen molar-refractivity contribution < 1.29 is 13.2 Å². The molecule has 6 heteroatoms. The number of nitrogens with zero attached hydrogens (tertiary/aromatic N) is 2. The molecule has 0 saturated heterocycles. The summed E-state index contributed by atoms with van der Waals surface area (Å²) in [5.74, 6) is 0.773. The Kier molecular flexibility index (Phi) is 5.20. The molecule has 1 fully saturated rings. The highest BCUT2D eigenvalue weighted by Gasteiger charge is 2.32. The molecular weight excluding hydrogens is 363 g/mol. The second-order valence-electron chi connectivity index (χ2n) is 7.42. The van der Waals surface area contributed by atoms with Crippen molar-refractivity contribution >= 4 is 16.7 Å². The maximum atomic E-state index is 13.4. The predicted molar refractivity (Wildman–Crippen MR) is 105 cm³/mol. The molecule has 0 bridgehead atoms. The van der Waals surface area contributed by atoms with Crippen LogP contribution in [-0.4, -0.2) is 16.5 Å². The molecule has 3 aromatic rings. The number of benzene rings is 1. The molecule has 2 heterocycles. The lowest BCUT2D eigenvalue weighted by atomic mass is 9.89. The monoisotopic (exact) mass is 385 g/mol. The maximum Gasteiger partial charge on any atom is 0.416 e. The van der Waals surface area contributed by atoms with Gasteiger partial charge < -0.3 is 5.32 Å². The van der Waals surface area contributed by atoms with E-state index in [9.17, 15) is 13.2 Å². The van der Waals surface area contributed by atoms with Crippen LogP contribution >= 0.6 is 0 Å². The first-order chi connectivity index (χ1) is 13.5. The van der Waals surface area contributed by atoms with E-state index in [4.69, 9.17) is 0 Å². The van der Waals surface area contributed by atoms with E-state index in [2.05, 4.69) is 15.3 Å². The first kappa shape index (κ1) is 18.7. The molecule has 1 aliphatic carbocycles. The van der Waals surface area contributed by atoms with Gasteiger partial charge in [0.15, 0.2) is 0 Å². The third-order valence-electron chi connectivity index (χ3n) is 5.35. The maximum absolute atomic E-state index is 13.4. The number of hydrogen-bond donors (Lipinski definition) is 1. The standard InChI is InChI=1S/C22H22F3N3/c23-22(24,25)18-12-20(17-9-8-16-7-4-10-26-19(16)11-17)28-21(13-18)27-14-15-5-2-1-3-6-15/h4,7-13,15H,1-3,5-6,14H2,(H,27,28). The third kappa shape index (κ3) is 4.26. The zero-order chi connectivity index (χ0) is 19.6. The summed E-state index contributed by atoms with van der Waals surface area (Å²) in [7, 11) is 0. The van der Waals surface area contributed by atoms with Gasteiger partial charge in [-0.3, -0.25) is 4.98 Å². The van der Waals surface area contributed by atoms with Crippen molar-refractivity contribution in [3.8, 4) is 11.3 Å².